The molecule has 0 radical (unpaired) electrons. The van der Waals surface area contributed by atoms with Gasteiger partial charge in [-0.3, -0.25) is 9.59 Å². The van der Waals surface area contributed by atoms with E-state index in [1.807, 2.05) is 13.0 Å². The van der Waals surface area contributed by atoms with Crippen molar-refractivity contribution in [2.45, 2.75) is 71.4 Å². The van der Waals surface area contributed by atoms with Crippen LogP contribution in [0, 0.1) is 11.3 Å². The van der Waals surface area contributed by atoms with Crippen LogP contribution in [0.4, 0.5) is 17.1 Å². The van der Waals surface area contributed by atoms with Crippen molar-refractivity contribution in [2.75, 3.05) is 24.8 Å². The third-order valence-corrected chi connectivity index (χ3v) is 6.10. The molecule has 0 aliphatic carbocycles. The van der Waals surface area contributed by atoms with Gasteiger partial charge in [0, 0.05) is 19.2 Å². The van der Waals surface area contributed by atoms with Crippen LogP contribution in [0.25, 0.3) is 0 Å². The third-order valence-electron chi connectivity index (χ3n) is 6.10. The predicted octanol–water partition coefficient (Wildman–Crippen LogP) is 4.48. The van der Waals surface area contributed by atoms with Gasteiger partial charge in [-0.25, -0.2) is 0 Å². The Kier molecular flexibility index (Phi) is 11.6. The number of amides is 1. The fourth-order valence-corrected chi connectivity index (χ4v) is 3.71. The molecular formula is C26H38N8O3. The largest absolute Gasteiger partial charge is 0.492 e. The number of rotatable bonds is 14. The Morgan fingerprint density at radius 1 is 1.14 bits per heavy atom. The second-order valence-corrected chi connectivity index (χ2v) is 8.92. The molecule has 1 amide bonds. The Morgan fingerprint density at radius 2 is 1.78 bits per heavy atom. The molecule has 1 atom stereocenters. The molecule has 200 valence electrons. The molecule has 37 heavy (non-hydrogen) atoms. The lowest BCUT2D eigenvalue weighted by Gasteiger charge is -2.25. The molecule has 0 spiro atoms. The zero-order valence-corrected chi connectivity index (χ0v) is 21.9. The molecule has 2 rings (SSSR count). The van der Waals surface area contributed by atoms with E-state index in [-0.39, 0.29) is 29.0 Å². The number of pyridine rings is 1. The summed E-state index contributed by atoms with van der Waals surface area (Å²) >= 11 is 0. The number of hydrogen-bond acceptors (Lipinski definition) is 9. The van der Waals surface area contributed by atoms with Crippen LogP contribution in [0.3, 0.4) is 0 Å². The molecular weight excluding hydrogens is 472 g/mol. The number of nitrogens with zero attached hydrogens (tertiary/aromatic N) is 5. The molecule has 1 unspecified atom stereocenters. The van der Waals surface area contributed by atoms with Crippen LogP contribution < -0.4 is 22.5 Å². The van der Waals surface area contributed by atoms with Crippen molar-refractivity contribution in [1.82, 2.24) is 9.58 Å². The van der Waals surface area contributed by atoms with E-state index >= 15 is 0 Å². The molecule has 11 heteroatoms. The van der Waals surface area contributed by atoms with Crippen molar-refractivity contribution in [3.8, 4) is 11.9 Å². The molecule has 1 aromatic heterocycles. The Labute approximate surface area is 217 Å². The van der Waals surface area contributed by atoms with Crippen LogP contribution in [0.15, 0.2) is 39.3 Å². The number of nitrogen functional groups attached to an aromatic ring is 1. The summed E-state index contributed by atoms with van der Waals surface area (Å²) in [6.45, 7) is 4.63. The molecule has 0 aliphatic rings. The number of aromatic hydroxyl groups is 1. The number of nitrogens with one attached hydrogen (secondary N) is 1. The fraction of sp³-hybridized carbons (Fsp3) is 0.500. The van der Waals surface area contributed by atoms with Crippen molar-refractivity contribution in [3.63, 3.8) is 0 Å². The quantitative estimate of drug-likeness (QED) is 0.125. The minimum absolute atomic E-state index is 0.0704. The summed E-state index contributed by atoms with van der Waals surface area (Å²) in [7, 11) is 1.69. The van der Waals surface area contributed by atoms with Crippen molar-refractivity contribution in [2.24, 2.45) is 16.0 Å². The summed E-state index contributed by atoms with van der Waals surface area (Å²) in [5.41, 5.74) is 5.90. The summed E-state index contributed by atoms with van der Waals surface area (Å²) in [5.74, 6) is 4.81. The number of carbonyl (C=O) groups is 1. The van der Waals surface area contributed by atoms with Gasteiger partial charge in [0.05, 0.1) is 17.5 Å². The van der Waals surface area contributed by atoms with Crippen LogP contribution in [0.2, 0.25) is 0 Å². The van der Waals surface area contributed by atoms with E-state index in [0.29, 0.717) is 22.5 Å². The van der Waals surface area contributed by atoms with Gasteiger partial charge < -0.3 is 26.9 Å². The first kappa shape index (κ1) is 29.3. The van der Waals surface area contributed by atoms with Gasteiger partial charge in [-0.1, -0.05) is 52.4 Å². The minimum atomic E-state index is -0.843. The minimum Gasteiger partial charge on any atom is -0.492 e. The molecule has 1 aromatic carbocycles. The molecule has 0 bridgehead atoms. The summed E-state index contributed by atoms with van der Waals surface area (Å²) < 4.78 is 0.461. The highest BCUT2D eigenvalue weighted by molar-refractivity contribution is 5.94. The maximum atomic E-state index is 12.8. The summed E-state index contributed by atoms with van der Waals surface area (Å²) in [4.78, 5) is 26.7. The van der Waals surface area contributed by atoms with Crippen LogP contribution in [0.1, 0.15) is 81.1 Å². The number of anilines is 1. The summed E-state index contributed by atoms with van der Waals surface area (Å²) in [6, 6.07) is 8.26. The lowest BCUT2D eigenvalue weighted by Crippen LogP contribution is -2.43. The highest BCUT2D eigenvalue weighted by atomic mass is 16.3. The van der Waals surface area contributed by atoms with Crippen LogP contribution >= 0.6 is 0 Å². The van der Waals surface area contributed by atoms with Crippen molar-refractivity contribution in [1.29, 1.82) is 5.26 Å². The zero-order chi connectivity index (χ0) is 27.4. The smallest absolute Gasteiger partial charge is 0.291 e. The number of nitriles is 1. The average Bonchev–Trinajstić information content (AvgIpc) is 2.91. The maximum Gasteiger partial charge on any atom is 0.291 e. The van der Waals surface area contributed by atoms with E-state index in [9.17, 15) is 20.0 Å². The van der Waals surface area contributed by atoms with Crippen LogP contribution in [-0.4, -0.2) is 40.3 Å². The lowest BCUT2D eigenvalue weighted by atomic mass is 10.1. The first-order chi connectivity index (χ1) is 17.8. The molecule has 0 aliphatic heterocycles. The Morgan fingerprint density at radius 3 is 2.41 bits per heavy atom. The number of benzene rings is 1. The highest BCUT2D eigenvalue weighted by Crippen LogP contribution is 2.36. The summed E-state index contributed by atoms with van der Waals surface area (Å²) in [6.07, 6.45) is 7.68. The van der Waals surface area contributed by atoms with E-state index in [0.717, 1.165) is 32.1 Å². The molecule has 2 aromatic rings. The van der Waals surface area contributed by atoms with Gasteiger partial charge in [0.2, 0.25) is 5.88 Å². The van der Waals surface area contributed by atoms with Gasteiger partial charge in [0.15, 0.2) is 5.69 Å². The second-order valence-electron chi connectivity index (χ2n) is 8.92. The van der Waals surface area contributed by atoms with E-state index in [2.05, 4.69) is 22.5 Å². The number of aromatic nitrogens is 1. The Balaban J connectivity index is 2.18. The van der Waals surface area contributed by atoms with Gasteiger partial charge in [-0.15, -0.1) is 5.11 Å². The number of azo groups is 1. The van der Waals surface area contributed by atoms with Gasteiger partial charge in [0.1, 0.15) is 11.6 Å². The molecule has 0 fully saturated rings. The number of carbonyl (C=O) groups excluding carboxylic acids is 1. The molecule has 6 N–H and O–H groups in total. The molecule has 11 nitrogen and oxygen atoms in total. The zero-order valence-electron chi connectivity index (χ0n) is 21.9. The van der Waals surface area contributed by atoms with Gasteiger partial charge in [-0.2, -0.15) is 15.1 Å². The lowest BCUT2D eigenvalue weighted by molar-refractivity contribution is 0.0726. The number of nitrogens with two attached hydrogens (primary N) is 2. The third kappa shape index (κ3) is 7.79. The topological polar surface area (TPSA) is 175 Å². The monoisotopic (exact) mass is 510 g/mol. The van der Waals surface area contributed by atoms with Gasteiger partial charge in [-0.05, 0) is 37.1 Å². The van der Waals surface area contributed by atoms with Gasteiger partial charge >= 0.3 is 0 Å². The first-order valence-corrected chi connectivity index (χ1v) is 12.7. The molecule has 0 saturated heterocycles. The van der Waals surface area contributed by atoms with E-state index in [1.54, 1.807) is 31.3 Å². The normalized spacial score (nSPS) is 11.9. The average molecular weight is 511 g/mol. The van der Waals surface area contributed by atoms with Crippen LogP contribution in [-0.2, 0) is 0 Å². The van der Waals surface area contributed by atoms with Crippen molar-refractivity contribution < 1.29 is 9.90 Å². The number of hydrogen-bond donors (Lipinski definition) is 4. The predicted molar refractivity (Wildman–Crippen MR) is 145 cm³/mol. The maximum absolute atomic E-state index is 12.8. The van der Waals surface area contributed by atoms with Crippen molar-refractivity contribution >= 4 is 23.0 Å². The number of unbranched alkanes of at least 4 members (excludes halogenated alkanes) is 5. The Bertz CT molecular complexity index is 1170. The fourth-order valence-electron chi connectivity index (χ4n) is 3.71. The van der Waals surface area contributed by atoms with Crippen molar-refractivity contribution in [3.05, 3.63) is 45.7 Å². The second kappa shape index (κ2) is 14.6. The van der Waals surface area contributed by atoms with E-state index in [1.165, 1.54) is 24.2 Å². The van der Waals surface area contributed by atoms with Crippen LogP contribution in [0.5, 0.6) is 5.88 Å². The first-order valence-electron chi connectivity index (χ1n) is 12.7. The standard InChI is InChI=1S/C26H38N8O3/c1-4-6-8-9-10-11-21(28)33(3)24(35)18-12-14-19(15-13-18)31-32-23-22(30-16-7-5-2)20(17-27)25(36)34(29)26(23)37/h12-15,21,30,37H,4-11,16,28-29H2,1-3H3/b32-31+. The Hall–Kier alpha value is -3.91. The van der Waals surface area contributed by atoms with E-state index < -0.39 is 11.4 Å². The molecule has 0 saturated carbocycles. The SMILES string of the molecule is CCCCCCCC(N)N(C)C(=O)c1ccc(/N=N/c2c(NCCCC)c(C#N)c(=O)n(N)c2O)cc1. The van der Waals surface area contributed by atoms with Gasteiger partial charge in [0.25, 0.3) is 11.5 Å². The highest BCUT2D eigenvalue weighted by Gasteiger charge is 2.21. The molecule has 1 heterocycles. The summed E-state index contributed by atoms with van der Waals surface area (Å²) in [5, 5.41) is 31.1. The van der Waals surface area contributed by atoms with E-state index in [4.69, 9.17) is 11.6 Å².